The first-order valence-electron chi connectivity index (χ1n) is 42.9. The molecule has 19 heteroatoms. The average Bonchev–Trinajstić information content (AvgIpc) is 0.950. The molecule has 0 amide bonds. The van der Waals surface area contributed by atoms with Crippen molar-refractivity contribution in [2.45, 2.75) is 452 Å². The summed E-state index contributed by atoms with van der Waals surface area (Å²) in [5.41, 5.74) is 0. The highest BCUT2D eigenvalue weighted by Crippen LogP contribution is 2.45. The van der Waals surface area contributed by atoms with Crippen LogP contribution in [-0.2, 0) is 65.4 Å². The van der Waals surface area contributed by atoms with Gasteiger partial charge in [0.15, 0.2) is 12.2 Å². The van der Waals surface area contributed by atoms with Crippen LogP contribution in [0.4, 0.5) is 0 Å². The molecule has 0 rings (SSSR count). The Kier molecular flexibility index (Phi) is 71.8. The number of aliphatic hydroxyl groups is 1. The number of phosphoric acid groups is 2. The van der Waals surface area contributed by atoms with Crippen LogP contribution in [0.2, 0.25) is 0 Å². The molecular formula is C83H162O17P2. The summed E-state index contributed by atoms with van der Waals surface area (Å²) in [4.78, 5) is 73.0. The molecule has 3 unspecified atom stereocenters. The maximum absolute atomic E-state index is 13.1. The van der Waals surface area contributed by atoms with Crippen LogP contribution in [0.15, 0.2) is 0 Å². The van der Waals surface area contributed by atoms with Gasteiger partial charge in [0.25, 0.3) is 0 Å². The van der Waals surface area contributed by atoms with E-state index in [1.807, 2.05) is 0 Å². The molecule has 0 aliphatic heterocycles. The predicted octanol–water partition coefficient (Wildman–Crippen LogP) is 24.9. The maximum Gasteiger partial charge on any atom is 0.472 e. The summed E-state index contributed by atoms with van der Waals surface area (Å²) in [5.74, 6) is 0.156. The van der Waals surface area contributed by atoms with E-state index >= 15 is 0 Å². The minimum atomic E-state index is -4.96. The molecule has 3 N–H and O–H groups in total. The third-order valence-corrected chi connectivity index (χ3v) is 21.6. The van der Waals surface area contributed by atoms with Gasteiger partial charge in [-0.1, -0.05) is 382 Å². The number of ether oxygens (including phenoxy) is 4. The van der Waals surface area contributed by atoms with Crippen molar-refractivity contribution in [1.82, 2.24) is 0 Å². The third kappa shape index (κ3) is 74.9. The van der Waals surface area contributed by atoms with E-state index < -0.39 is 97.5 Å². The molecule has 0 aromatic rings. The molecule has 0 aliphatic carbocycles. The van der Waals surface area contributed by atoms with E-state index in [4.69, 9.17) is 37.0 Å². The van der Waals surface area contributed by atoms with Crippen LogP contribution in [0, 0.1) is 17.8 Å². The maximum atomic E-state index is 13.1. The highest BCUT2D eigenvalue weighted by atomic mass is 31.2. The molecule has 0 heterocycles. The fourth-order valence-corrected chi connectivity index (χ4v) is 14.4. The van der Waals surface area contributed by atoms with Gasteiger partial charge >= 0.3 is 39.5 Å². The zero-order valence-corrected chi connectivity index (χ0v) is 68.9. The molecule has 0 spiro atoms. The number of phosphoric ester groups is 2. The number of esters is 4. The van der Waals surface area contributed by atoms with Gasteiger partial charge in [0.05, 0.1) is 26.4 Å². The second-order valence-electron chi connectivity index (χ2n) is 31.1. The normalized spacial score (nSPS) is 14.2. The van der Waals surface area contributed by atoms with Crippen molar-refractivity contribution in [1.29, 1.82) is 0 Å². The van der Waals surface area contributed by atoms with Crippen LogP contribution in [0.1, 0.15) is 434 Å². The molecule has 0 fully saturated rings. The smallest absolute Gasteiger partial charge is 0.462 e. The SMILES string of the molecule is CCCCCCCCCCCCCCCCCCCCCCC(=O)OC[C@H](COP(=O)(O)OC[C@@H](O)COP(=O)(O)OC[C@@H](COC(=O)CCCCCCCCC(C)CC)OC(=O)CCCCCCCCCCC(C)C)OC(=O)CCCCCCCCCCCCCCCCCCCCC(C)C. The topological polar surface area (TPSA) is 237 Å². The van der Waals surface area contributed by atoms with Crippen LogP contribution < -0.4 is 0 Å². The second-order valence-corrected chi connectivity index (χ2v) is 34.0. The predicted molar refractivity (Wildman–Crippen MR) is 418 cm³/mol. The van der Waals surface area contributed by atoms with Gasteiger partial charge in [-0.15, -0.1) is 0 Å². The number of hydrogen-bond donors (Lipinski definition) is 3. The van der Waals surface area contributed by atoms with Crippen molar-refractivity contribution in [3.05, 3.63) is 0 Å². The molecule has 0 saturated heterocycles. The Morgan fingerprint density at radius 2 is 0.500 bits per heavy atom. The van der Waals surface area contributed by atoms with Gasteiger partial charge in [-0.05, 0) is 43.4 Å². The summed E-state index contributed by atoms with van der Waals surface area (Å²) < 4.78 is 68.7. The van der Waals surface area contributed by atoms with E-state index in [9.17, 15) is 43.2 Å². The molecular weight excluding hydrogens is 1330 g/mol. The first kappa shape index (κ1) is 100. The van der Waals surface area contributed by atoms with Gasteiger partial charge in [0, 0.05) is 25.7 Å². The van der Waals surface area contributed by atoms with Crippen LogP contribution >= 0.6 is 15.6 Å². The summed E-state index contributed by atoms with van der Waals surface area (Å²) in [7, 11) is -9.92. The van der Waals surface area contributed by atoms with Crippen molar-refractivity contribution in [2.75, 3.05) is 39.6 Å². The van der Waals surface area contributed by atoms with E-state index in [1.54, 1.807) is 0 Å². The monoisotopic (exact) mass is 1490 g/mol. The van der Waals surface area contributed by atoms with Gasteiger partial charge in [-0.2, -0.15) is 0 Å². The number of unbranched alkanes of at least 4 members (excludes halogenated alkanes) is 48. The summed E-state index contributed by atoms with van der Waals surface area (Å²) >= 11 is 0. The van der Waals surface area contributed by atoms with Gasteiger partial charge in [-0.25, -0.2) is 9.13 Å². The van der Waals surface area contributed by atoms with Crippen LogP contribution in [0.3, 0.4) is 0 Å². The third-order valence-electron chi connectivity index (χ3n) is 19.7. The number of carbonyl (C=O) groups is 4. The number of rotatable bonds is 81. The number of aliphatic hydroxyl groups excluding tert-OH is 1. The van der Waals surface area contributed by atoms with Crippen LogP contribution in [-0.4, -0.2) is 96.7 Å². The molecule has 0 aromatic heterocycles. The van der Waals surface area contributed by atoms with Crippen molar-refractivity contribution >= 4 is 39.5 Å². The number of hydrogen-bond acceptors (Lipinski definition) is 15. The molecule has 102 heavy (non-hydrogen) atoms. The molecule has 17 nitrogen and oxygen atoms in total. The Labute approximate surface area is 626 Å². The van der Waals surface area contributed by atoms with Gasteiger partial charge in [-0.3, -0.25) is 37.3 Å². The Bertz CT molecular complexity index is 1980. The minimum absolute atomic E-state index is 0.104. The Hall–Kier alpha value is -1.94. The Balaban J connectivity index is 5.20. The van der Waals surface area contributed by atoms with E-state index in [1.165, 1.54) is 238 Å². The first-order chi connectivity index (χ1) is 49.3. The van der Waals surface area contributed by atoms with Gasteiger partial charge in [0.2, 0.25) is 0 Å². The molecule has 606 valence electrons. The Morgan fingerprint density at radius 1 is 0.284 bits per heavy atom. The average molecular weight is 1490 g/mol. The molecule has 0 aliphatic rings. The van der Waals surface area contributed by atoms with Crippen molar-refractivity contribution < 1.29 is 80.2 Å². The zero-order valence-electron chi connectivity index (χ0n) is 67.1. The standard InChI is InChI=1S/C83H162O17P2/c1-8-10-11-12-13-14-15-16-17-18-19-20-24-27-30-33-36-42-50-57-64-80(85)93-70-78(99-82(87)66-59-52-43-37-34-31-28-25-22-21-23-26-29-32-35-40-47-54-61-74(3)4)72-97-101(89,90)95-68-77(84)69-96-102(91,92)98-73-79(71-94-81(86)65-58-51-46-45-49-56-63-76(7)9-2)100-83(88)67-60-53-44-39-38-41-48-55-62-75(5)6/h74-79,84H,8-73H2,1-7H3,(H,89,90)(H,91,92)/t76?,77-,78-,79-/m1/s1. The lowest BCUT2D eigenvalue weighted by Gasteiger charge is -2.21. The van der Waals surface area contributed by atoms with Gasteiger partial charge in [0.1, 0.15) is 19.3 Å². The van der Waals surface area contributed by atoms with Crippen LogP contribution in [0.5, 0.6) is 0 Å². The highest BCUT2D eigenvalue weighted by molar-refractivity contribution is 7.47. The quantitative estimate of drug-likeness (QED) is 0.0222. The zero-order chi connectivity index (χ0) is 75.1. The van der Waals surface area contributed by atoms with Crippen molar-refractivity contribution in [3.8, 4) is 0 Å². The van der Waals surface area contributed by atoms with Gasteiger partial charge < -0.3 is 33.8 Å². The molecule has 0 aromatic carbocycles. The number of carbonyl (C=O) groups excluding carboxylic acids is 4. The fourth-order valence-electron chi connectivity index (χ4n) is 12.8. The molecule has 0 saturated carbocycles. The van der Waals surface area contributed by atoms with E-state index in [0.717, 1.165) is 114 Å². The second kappa shape index (κ2) is 73.2. The molecule has 6 atom stereocenters. The van der Waals surface area contributed by atoms with Crippen molar-refractivity contribution in [3.63, 3.8) is 0 Å². The summed E-state index contributed by atoms with van der Waals surface area (Å²) in [5, 5.41) is 10.6. The lowest BCUT2D eigenvalue weighted by molar-refractivity contribution is -0.161. The largest absolute Gasteiger partial charge is 0.472 e. The minimum Gasteiger partial charge on any atom is -0.462 e. The Morgan fingerprint density at radius 3 is 0.745 bits per heavy atom. The summed E-state index contributed by atoms with van der Waals surface area (Å²) in [6.07, 6.45) is 62.8. The van der Waals surface area contributed by atoms with E-state index in [2.05, 4.69) is 48.5 Å². The lowest BCUT2D eigenvalue weighted by Crippen LogP contribution is -2.30. The first-order valence-corrected chi connectivity index (χ1v) is 45.9. The fraction of sp³-hybridized carbons (Fsp3) is 0.952. The molecule has 0 bridgehead atoms. The molecule has 0 radical (unpaired) electrons. The summed E-state index contributed by atoms with van der Waals surface area (Å²) in [6.45, 7) is 11.9. The van der Waals surface area contributed by atoms with Crippen LogP contribution in [0.25, 0.3) is 0 Å². The van der Waals surface area contributed by atoms with E-state index in [-0.39, 0.29) is 25.7 Å². The highest BCUT2D eigenvalue weighted by Gasteiger charge is 2.30. The summed E-state index contributed by atoms with van der Waals surface area (Å²) in [6, 6.07) is 0. The van der Waals surface area contributed by atoms with Crippen molar-refractivity contribution in [2.24, 2.45) is 17.8 Å². The van der Waals surface area contributed by atoms with E-state index in [0.29, 0.717) is 25.7 Å². The lowest BCUT2D eigenvalue weighted by atomic mass is 10.00.